The number of hydrogen-bond donors (Lipinski definition) is 2. The van der Waals surface area contributed by atoms with Crippen molar-refractivity contribution in [1.29, 1.82) is 0 Å². The molecular weight excluding hydrogens is 298 g/mol. The summed E-state index contributed by atoms with van der Waals surface area (Å²) in [6.45, 7) is 1.87. The Morgan fingerprint density at radius 1 is 1.14 bits per heavy atom. The average molecular weight is 313 g/mol. The van der Waals surface area contributed by atoms with Crippen molar-refractivity contribution < 1.29 is 9.59 Å². The molecule has 0 fully saturated rings. The molecule has 22 heavy (non-hydrogen) atoms. The van der Waals surface area contributed by atoms with Crippen LogP contribution in [0.3, 0.4) is 0 Å². The van der Waals surface area contributed by atoms with Crippen molar-refractivity contribution in [2.24, 2.45) is 0 Å². The third kappa shape index (κ3) is 4.68. The quantitative estimate of drug-likeness (QED) is 0.656. The highest BCUT2D eigenvalue weighted by Gasteiger charge is 2.07. The molecule has 1 aromatic heterocycles. The van der Waals surface area contributed by atoms with Crippen molar-refractivity contribution in [2.45, 2.75) is 6.92 Å². The van der Waals surface area contributed by atoms with Gasteiger partial charge >= 0.3 is 0 Å². The van der Waals surface area contributed by atoms with Crippen LogP contribution in [-0.2, 0) is 4.79 Å². The molecule has 0 spiro atoms. The molecule has 0 aliphatic rings. The van der Waals surface area contributed by atoms with Gasteiger partial charge in [0.2, 0.25) is 5.91 Å². The van der Waals surface area contributed by atoms with Crippen molar-refractivity contribution in [3.63, 3.8) is 0 Å². The van der Waals surface area contributed by atoms with Crippen LogP contribution in [0.4, 0.5) is 10.8 Å². The molecule has 0 aliphatic heterocycles. The third-order valence-corrected chi connectivity index (χ3v) is 3.31. The van der Waals surface area contributed by atoms with Gasteiger partial charge in [-0.2, -0.15) is 0 Å². The van der Waals surface area contributed by atoms with Crippen molar-refractivity contribution >= 4 is 34.0 Å². The second-order valence-electron chi connectivity index (χ2n) is 4.24. The van der Waals surface area contributed by atoms with Crippen LogP contribution < -0.4 is 10.6 Å². The van der Waals surface area contributed by atoms with E-state index in [2.05, 4.69) is 15.6 Å². The van der Waals surface area contributed by atoms with E-state index in [4.69, 9.17) is 0 Å². The summed E-state index contributed by atoms with van der Waals surface area (Å²) in [4.78, 5) is 27.6. The first kappa shape index (κ1) is 15.7. The number of carbonyl (C=O) groups excluding carboxylic acids is 2. The monoisotopic (exact) mass is 313 g/mol. The number of aromatic nitrogens is 1. The summed E-state index contributed by atoms with van der Waals surface area (Å²) in [6, 6.07) is 6.65. The number of benzene rings is 1. The molecule has 6 heteroatoms. The number of nitrogens with zero attached hydrogens (tertiary/aromatic N) is 1. The van der Waals surface area contributed by atoms with Gasteiger partial charge in [0, 0.05) is 28.9 Å². The van der Waals surface area contributed by atoms with E-state index in [1.165, 1.54) is 17.4 Å². The molecule has 112 valence electrons. The Kier molecular flexibility index (Phi) is 5.62. The van der Waals surface area contributed by atoms with E-state index < -0.39 is 0 Å². The van der Waals surface area contributed by atoms with Crippen LogP contribution in [0.2, 0.25) is 0 Å². The van der Waals surface area contributed by atoms with E-state index in [0.717, 1.165) is 0 Å². The normalized spacial score (nSPS) is 11.0. The first-order chi connectivity index (χ1) is 10.7. The van der Waals surface area contributed by atoms with E-state index >= 15 is 0 Å². The van der Waals surface area contributed by atoms with Gasteiger partial charge in [0.1, 0.15) is 0 Å². The lowest BCUT2D eigenvalue weighted by atomic mass is 10.2. The topological polar surface area (TPSA) is 71.1 Å². The summed E-state index contributed by atoms with van der Waals surface area (Å²) in [7, 11) is 0. The molecule has 2 aromatic rings. The van der Waals surface area contributed by atoms with Crippen LogP contribution in [0.1, 0.15) is 17.3 Å². The predicted molar refractivity (Wildman–Crippen MR) is 89.1 cm³/mol. The molecule has 2 rings (SSSR count). The molecular formula is C16H15N3O2S. The molecule has 0 saturated heterocycles. The lowest BCUT2D eigenvalue weighted by Crippen LogP contribution is -2.12. The summed E-state index contributed by atoms with van der Waals surface area (Å²) < 4.78 is 0. The molecule has 0 bridgehead atoms. The van der Waals surface area contributed by atoms with Crippen molar-refractivity contribution in [2.75, 3.05) is 10.6 Å². The number of anilines is 2. The lowest BCUT2D eigenvalue weighted by Gasteiger charge is -2.04. The lowest BCUT2D eigenvalue weighted by molar-refractivity contribution is -0.111. The first-order valence-corrected chi connectivity index (χ1v) is 7.48. The fourth-order valence-corrected chi connectivity index (χ4v) is 2.12. The molecule has 0 unspecified atom stereocenters. The number of nitrogens with one attached hydrogen (secondary N) is 2. The minimum Gasteiger partial charge on any atom is -0.323 e. The minimum atomic E-state index is -0.235. The molecule has 1 aromatic carbocycles. The van der Waals surface area contributed by atoms with E-state index in [-0.39, 0.29) is 11.8 Å². The molecule has 0 aliphatic carbocycles. The zero-order valence-corrected chi connectivity index (χ0v) is 12.8. The maximum atomic E-state index is 12.0. The fraction of sp³-hybridized carbons (Fsp3) is 0.0625. The van der Waals surface area contributed by atoms with Crippen LogP contribution in [0, 0.1) is 0 Å². The van der Waals surface area contributed by atoms with Crippen LogP contribution >= 0.6 is 11.3 Å². The predicted octanol–water partition coefficient (Wildman–Crippen LogP) is 3.47. The van der Waals surface area contributed by atoms with Crippen LogP contribution in [-0.4, -0.2) is 16.8 Å². The summed E-state index contributed by atoms with van der Waals surface area (Å²) >= 11 is 1.35. The molecule has 0 saturated carbocycles. The van der Waals surface area contributed by atoms with Crippen LogP contribution in [0.5, 0.6) is 0 Å². The van der Waals surface area contributed by atoms with Gasteiger partial charge in [-0.25, -0.2) is 4.98 Å². The zero-order valence-electron chi connectivity index (χ0n) is 11.9. The Hall–Kier alpha value is -2.73. The molecule has 5 nitrogen and oxygen atoms in total. The average Bonchev–Trinajstić information content (AvgIpc) is 3.01. The Morgan fingerprint density at radius 3 is 2.55 bits per heavy atom. The standard InChI is InChI=1S/C16H15N3O2S/c1-2-3-4-5-14(20)18-13-8-6-12(7-9-13)15(21)19-16-17-10-11-22-16/h2-11H,1H3,(H,18,20)(H,17,19,21)/b3-2+,5-4+. The van der Waals surface area contributed by atoms with Crippen molar-refractivity contribution in [3.05, 3.63) is 65.7 Å². The summed E-state index contributed by atoms with van der Waals surface area (Å²) in [5, 5.41) is 7.75. The number of thiazole rings is 1. The summed E-state index contributed by atoms with van der Waals surface area (Å²) in [6.07, 6.45) is 8.32. The van der Waals surface area contributed by atoms with E-state index in [0.29, 0.717) is 16.4 Å². The number of rotatable bonds is 5. The number of amides is 2. The molecule has 2 N–H and O–H groups in total. The van der Waals surface area contributed by atoms with Crippen molar-refractivity contribution in [3.8, 4) is 0 Å². The highest BCUT2D eigenvalue weighted by atomic mass is 32.1. The van der Waals surface area contributed by atoms with Gasteiger partial charge in [0.05, 0.1) is 0 Å². The minimum absolute atomic E-state index is 0.224. The molecule has 0 radical (unpaired) electrons. The van der Waals surface area contributed by atoms with Crippen LogP contribution in [0.15, 0.2) is 60.1 Å². The Bertz CT molecular complexity index is 689. The highest BCUT2D eigenvalue weighted by Crippen LogP contribution is 2.14. The number of hydrogen-bond acceptors (Lipinski definition) is 4. The van der Waals surface area contributed by atoms with E-state index in [1.807, 2.05) is 13.0 Å². The smallest absolute Gasteiger partial charge is 0.257 e. The van der Waals surface area contributed by atoms with Gasteiger partial charge in [-0.15, -0.1) is 11.3 Å². The SMILES string of the molecule is C/C=C/C=C/C(=O)Nc1ccc(C(=O)Nc2nccs2)cc1. The Balaban J connectivity index is 1.95. The molecule has 0 atom stereocenters. The largest absolute Gasteiger partial charge is 0.323 e. The highest BCUT2D eigenvalue weighted by molar-refractivity contribution is 7.13. The second-order valence-corrected chi connectivity index (χ2v) is 5.14. The first-order valence-electron chi connectivity index (χ1n) is 6.60. The Labute approximate surface area is 132 Å². The second kappa shape index (κ2) is 7.90. The van der Waals surface area contributed by atoms with Gasteiger partial charge in [0.15, 0.2) is 5.13 Å². The molecule has 1 heterocycles. The maximum Gasteiger partial charge on any atom is 0.257 e. The van der Waals surface area contributed by atoms with Crippen molar-refractivity contribution in [1.82, 2.24) is 4.98 Å². The molecule has 2 amide bonds. The van der Waals surface area contributed by atoms with Gasteiger partial charge in [-0.1, -0.05) is 18.2 Å². The summed E-state index contributed by atoms with van der Waals surface area (Å²) in [5.41, 5.74) is 1.12. The van der Waals surface area contributed by atoms with E-state index in [1.54, 1.807) is 48.0 Å². The van der Waals surface area contributed by atoms with Gasteiger partial charge in [-0.05, 0) is 31.2 Å². The zero-order chi connectivity index (χ0) is 15.8. The third-order valence-electron chi connectivity index (χ3n) is 2.62. The van der Waals surface area contributed by atoms with Gasteiger partial charge < -0.3 is 5.32 Å². The maximum absolute atomic E-state index is 12.0. The fourth-order valence-electron chi connectivity index (χ4n) is 1.60. The van der Waals surface area contributed by atoms with Crippen LogP contribution in [0.25, 0.3) is 0 Å². The number of carbonyl (C=O) groups is 2. The Morgan fingerprint density at radius 2 is 1.91 bits per heavy atom. The van der Waals surface area contributed by atoms with Gasteiger partial charge in [-0.3, -0.25) is 14.9 Å². The summed E-state index contributed by atoms with van der Waals surface area (Å²) in [5.74, 6) is -0.459. The van der Waals surface area contributed by atoms with Gasteiger partial charge in [0.25, 0.3) is 5.91 Å². The number of allylic oxidation sites excluding steroid dienone is 3. The van der Waals surface area contributed by atoms with E-state index in [9.17, 15) is 9.59 Å².